The van der Waals surface area contributed by atoms with Crippen LogP contribution in [0.1, 0.15) is 31.4 Å². The van der Waals surface area contributed by atoms with Gasteiger partial charge in [0.1, 0.15) is 17.8 Å². The van der Waals surface area contributed by atoms with Crippen LogP contribution in [0, 0.1) is 0 Å². The molecule has 2 aromatic heterocycles. The molecule has 0 bridgehead atoms. The van der Waals surface area contributed by atoms with Crippen molar-refractivity contribution < 1.29 is 4.42 Å². The molecule has 6 heteroatoms. The lowest BCUT2D eigenvalue weighted by Gasteiger charge is -2.23. The van der Waals surface area contributed by atoms with Gasteiger partial charge in [0.25, 0.3) is 0 Å². The zero-order valence-corrected chi connectivity index (χ0v) is 12.1. The minimum atomic E-state index is 0.563. The second-order valence-electron chi connectivity index (χ2n) is 5.29. The molecule has 0 aromatic carbocycles. The summed E-state index contributed by atoms with van der Waals surface area (Å²) in [4.78, 5) is 10.9. The van der Waals surface area contributed by atoms with Gasteiger partial charge in [-0.15, -0.1) is 0 Å². The van der Waals surface area contributed by atoms with Crippen molar-refractivity contribution in [1.82, 2.24) is 9.97 Å². The Morgan fingerprint density at radius 3 is 2.71 bits per heavy atom. The summed E-state index contributed by atoms with van der Waals surface area (Å²) in [7, 11) is 0. The molecule has 3 heterocycles. The zero-order chi connectivity index (χ0) is 14.5. The SMILES string of the molecule is Nc1c(NCc2ccco2)ncnc1N1CCCCCC1. The van der Waals surface area contributed by atoms with Gasteiger partial charge >= 0.3 is 0 Å². The second-order valence-corrected chi connectivity index (χ2v) is 5.29. The van der Waals surface area contributed by atoms with Gasteiger partial charge in [0.2, 0.25) is 0 Å². The highest BCUT2D eigenvalue weighted by Crippen LogP contribution is 2.28. The van der Waals surface area contributed by atoms with Crippen LogP contribution >= 0.6 is 0 Å². The summed E-state index contributed by atoms with van der Waals surface area (Å²) in [6, 6.07) is 3.78. The van der Waals surface area contributed by atoms with Crippen LogP contribution in [0.4, 0.5) is 17.3 Å². The fraction of sp³-hybridized carbons (Fsp3) is 0.467. The molecular weight excluding hydrogens is 266 g/mol. The molecule has 0 atom stereocenters. The Balaban J connectivity index is 1.74. The molecule has 0 unspecified atom stereocenters. The van der Waals surface area contributed by atoms with Crippen LogP contribution in [-0.4, -0.2) is 23.1 Å². The molecule has 2 aromatic rings. The third-order valence-corrected chi connectivity index (χ3v) is 3.78. The minimum absolute atomic E-state index is 0.563. The monoisotopic (exact) mass is 287 g/mol. The fourth-order valence-electron chi connectivity index (χ4n) is 2.65. The molecule has 112 valence electrons. The average Bonchev–Trinajstić information content (AvgIpc) is 2.87. The molecule has 1 fully saturated rings. The predicted octanol–water partition coefficient (Wildman–Crippen LogP) is 2.64. The maximum atomic E-state index is 6.24. The van der Waals surface area contributed by atoms with Crippen molar-refractivity contribution in [3.05, 3.63) is 30.5 Å². The largest absolute Gasteiger partial charge is 0.467 e. The molecule has 3 N–H and O–H groups in total. The predicted molar refractivity (Wildman–Crippen MR) is 83.2 cm³/mol. The van der Waals surface area contributed by atoms with Crippen LogP contribution in [0.5, 0.6) is 0 Å². The molecule has 0 saturated carbocycles. The number of nitrogens with zero attached hydrogens (tertiary/aromatic N) is 3. The van der Waals surface area contributed by atoms with E-state index in [2.05, 4.69) is 20.2 Å². The molecule has 1 aliphatic heterocycles. The smallest absolute Gasteiger partial charge is 0.157 e. The Bertz CT molecular complexity index is 561. The summed E-state index contributed by atoms with van der Waals surface area (Å²) in [5.41, 5.74) is 6.86. The van der Waals surface area contributed by atoms with Crippen molar-refractivity contribution in [2.24, 2.45) is 0 Å². The maximum absolute atomic E-state index is 6.24. The number of hydrogen-bond acceptors (Lipinski definition) is 6. The van der Waals surface area contributed by atoms with Crippen LogP contribution in [0.15, 0.2) is 29.1 Å². The van der Waals surface area contributed by atoms with Crippen LogP contribution in [0.3, 0.4) is 0 Å². The van der Waals surface area contributed by atoms with E-state index >= 15 is 0 Å². The molecule has 1 saturated heterocycles. The molecule has 21 heavy (non-hydrogen) atoms. The Morgan fingerprint density at radius 2 is 2.00 bits per heavy atom. The number of anilines is 3. The molecule has 0 spiro atoms. The molecule has 0 amide bonds. The topological polar surface area (TPSA) is 80.2 Å². The molecular formula is C15H21N5O. The second kappa shape index (κ2) is 6.47. The summed E-state index contributed by atoms with van der Waals surface area (Å²) >= 11 is 0. The highest BCUT2D eigenvalue weighted by molar-refractivity contribution is 5.74. The lowest BCUT2D eigenvalue weighted by atomic mass is 10.2. The highest BCUT2D eigenvalue weighted by Gasteiger charge is 2.16. The van der Waals surface area contributed by atoms with Gasteiger partial charge in [-0.1, -0.05) is 12.8 Å². The van der Waals surface area contributed by atoms with Gasteiger partial charge < -0.3 is 20.4 Å². The zero-order valence-electron chi connectivity index (χ0n) is 12.1. The first-order valence-electron chi connectivity index (χ1n) is 7.46. The van der Waals surface area contributed by atoms with Crippen LogP contribution in [-0.2, 0) is 6.54 Å². The highest BCUT2D eigenvalue weighted by atomic mass is 16.3. The lowest BCUT2D eigenvalue weighted by molar-refractivity contribution is 0.518. The van der Waals surface area contributed by atoms with Gasteiger partial charge in [-0.3, -0.25) is 0 Å². The molecule has 6 nitrogen and oxygen atoms in total. The summed E-state index contributed by atoms with van der Waals surface area (Å²) in [5, 5.41) is 3.21. The minimum Gasteiger partial charge on any atom is -0.467 e. The van der Waals surface area contributed by atoms with Gasteiger partial charge in [-0.05, 0) is 25.0 Å². The lowest BCUT2D eigenvalue weighted by Crippen LogP contribution is -2.26. The third-order valence-electron chi connectivity index (χ3n) is 3.78. The van der Waals surface area contributed by atoms with E-state index in [4.69, 9.17) is 10.2 Å². The van der Waals surface area contributed by atoms with Crippen molar-refractivity contribution in [3.8, 4) is 0 Å². The van der Waals surface area contributed by atoms with Crippen LogP contribution in [0.2, 0.25) is 0 Å². The molecule has 0 radical (unpaired) electrons. The summed E-state index contributed by atoms with van der Waals surface area (Å²) in [6.07, 6.45) is 8.18. The number of furan rings is 1. The Hall–Kier alpha value is -2.24. The first kappa shape index (κ1) is 13.7. The van der Waals surface area contributed by atoms with E-state index in [9.17, 15) is 0 Å². The van der Waals surface area contributed by atoms with Crippen molar-refractivity contribution in [1.29, 1.82) is 0 Å². The van der Waals surface area contributed by atoms with E-state index in [0.29, 0.717) is 18.1 Å². The Labute approximate surface area is 124 Å². The van der Waals surface area contributed by atoms with E-state index in [0.717, 1.165) is 24.7 Å². The van der Waals surface area contributed by atoms with Crippen molar-refractivity contribution in [3.63, 3.8) is 0 Å². The number of aromatic nitrogens is 2. The number of nitrogen functional groups attached to an aromatic ring is 1. The summed E-state index contributed by atoms with van der Waals surface area (Å²) in [6.45, 7) is 2.59. The standard InChI is InChI=1S/C15H21N5O/c16-13-14(17-10-12-6-5-9-21-12)18-11-19-15(13)20-7-3-1-2-4-8-20/h5-6,9,11H,1-4,7-8,10,16H2,(H,17,18,19). The first-order chi connectivity index (χ1) is 10.3. The number of nitrogens with one attached hydrogen (secondary N) is 1. The summed E-state index contributed by atoms with van der Waals surface area (Å²) < 4.78 is 5.30. The molecule has 0 aliphatic carbocycles. The maximum Gasteiger partial charge on any atom is 0.157 e. The molecule has 3 rings (SSSR count). The van der Waals surface area contributed by atoms with Crippen LogP contribution in [0.25, 0.3) is 0 Å². The normalized spacial score (nSPS) is 15.7. The third kappa shape index (κ3) is 3.26. The molecule has 1 aliphatic rings. The quantitative estimate of drug-likeness (QED) is 0.900. The van der Waals surface area contributed by atoms with Crippen LogP contribution < -0.4 is 16.0 Å². The summed E-state index contributed by atoms with van der Waals surface area (Å²) in [5.74, 6) is 2.36. The van der Waals surface area contributed by atoms with Crippen molar-refractivity contribution >= 4 is 17.3 Å². The van der Waals surface area contributed by atoms with E-state index in [1.165, 1.54) is 25.7 Å². The van der Waals surface area contributed by atoms with Crippen molar-refractivity contribution in [2.75, 3.05) is 29.0 Å². The first-order valence-corrected chi connectivity index (χ1v) is 7.46. The van der Waals surface area contributed by atoms with Gasteiger partial charge in [0.15, 0.2) is 11.6 Å². The van der Waals surface area contributed by atoms with Gasteiger partial charge in [-0.25, -0.2) is 9.97 Å². The van der Waals surface area contributed by atoms with E-state index < -0.39 is 0 Å². The van der Waals surface area contributed by atoms with E-state index in [1.807, 2.05) is 12.1 Å². The number of rotatable bonds is 4. The number of nitrogens with two attached hydrogens (primary N) is 1. The number of hydrogen-bond donors (Lipinski definition) is 2. The van der Waals surface area contributed by atoms with E-state index in [-0.39, 0.29) is 0 Å². The van der Waals surface area contributed by atoms with Gasteiger partial charge in [-0.2, -0.15) is 0 Å². The van der Waals surface area contributed by atoms with E-state index in [1.54, 1.807) is 12.6 Å². The Morgan fingerprint density at radius 1 is 1.19 bits per heavy atom. The van der Waals surface area contributed by atoms with Gasteiger partial charge in [0, 0.05) is 13.1 Å². The van der Waals surface area contributed by atoms with Gasteiger partial charge in [0.05, 0.1) is 12.8 Å². The average molecular weight is 287 g/mol. The van der Waals surface area contributed by atoms with Crippen molar-refractivity contribution in [2.45, 2.75) is 32.2 Å². The fourth-order valence-corrected chi connectivity index (χ4v) is 2.65. The Kier molecular flexibility index (Phi) is 4.23.